The molecule has 0 unspecified atom stereocenters. The average Bonchev–Trinajstić information content (AvgIpc) is 2.50. The van der Waals surface area contributed by atoms with Gasteiger partial charge in [0.1, 0.15) is 0 Å². The molecule has 0 aliphatic carbocycles. The van der Waals surface area contributed by atoms with Crippen molar-refractivity contribution in [1.82, 2.24) is 4.90 Å². The number of carbonyl (C=O) groups excluding carboxylic acids is 1. The number of amides is 2. The summed E-state index contributed by atoms with van der Waals surface area (Å²) in [4.78, 5) is 13.8. The number of aryl methyl sites for hydroxylation is 1. The molecule has 1 rings (SSSR count). The van der Waals surface area contributed by atoms with Gasteiger partial charge in [0, 0.05) is 30.8 Å². The van der Waals surface area contributed by atoms with Crippen LogP contribution in [0.4, 0.5) is 10.5 Å². The summed E-state index contributed by atoms with van der Waals surface area (Å²) in [5.74, 6) is 5.92. The number of nitrogens with zero attached hydrogens (tertiary/aromatic N) is 1. The zero-order valence-electron chi connectivity index (χ0n) is 13.1. The monoisotopic (exact) mass is 288 g/mol. The number of hydrogen-bond donors (Lipinski definition) is 2. The number of hydrogen-bond acceptors (Lipinski definition) is 2. The molecule has 114 valence electrons. The molecule has 2 amide bonds. The van der Waals surface area contributed by atoms with Crippen molar-refractivity contribution >= 4 is 11.7 Å². The fraction of sp³-hybridized carbons (Fsp3) is 0.471. The second kappa shape index (κ2) is 9.04. The predicted molar refractivity (Wildman–Crippen MR) is 86.3 cm³/mol. The number of rotatable bonds is 5. The average molecular weight is 288 g/mol. The van der Waals surface area contributed by atoms with E-state index < -0.39 is 0 Å². The number of aliphatic hydroxyl groups is 1. The normalized spacial score (nSPS) is 9.71. The molecule has 2 N–H and O–H groups in total. The molecule has 0 spiro atoms. The van der Waals surface area contributed by atoms with Crippen LogP contribution in [0.5, 0.6) is 0 Å². The van der Waals surface area contributed by atoms with Crippen LogP contribution in [0.2, 0.25) is 0 Å². The molecule has 0 atom stereocenters. The molecule has 0 aliphatic rings. The van der Waals surface area contributed by atoms with Crippen molar-refractivity contribution in [3.8, 4) is 11.8 Å². The van der Waals surface area contributed by atoms with Crippen LogP contribution in [-0.2, 0) is 6.42 Å². The smallest absolute Gasteiger partial charge is 0.321 e. The first-order valence-corrected chi connectivity index (χ1v) is 7.44. The Hall–Kier alpha value is -1.99. The van der Waals surface area contributed by atoms with Crippen LogP contribution in [0.1, 0.15) is 38.3 Å². The highest BCUT2D eigenvalue weighted by Crippen LogP contribution is 2.18. The highest BCUT2D eigenvalue weighted by Gasteiger charge is 2.11. The van der Waals surface area contributed by atoms with Gasteiger partial charge in [-0.1, -0.05) is 18.8 Å². The number of urea groups is 1. The first kappa shape index (κ1) is 17.1. The lowest BCUT2D eigenvalue weighted by molar-refractivity contribution is 0.217. The van der Waals surface area contributed by atoms with Gasteiger partial charge in [0.25, 0.3) is 0 Å². The van der Waals surface area contributed by atoms with Crippen LogP contribution < -0.4 is 5.32 Å². The number of carbonyl (C=O) groups is 1. The van der Waals surface area contributed by atoms with Gasteiger partial charge in [-0.2, -0.15) is 0 Å². The minimum atomic E-state index is -0.0752. The van der Waals surface area contributed by atoms with Crippen LogP contribution in [0.15, 0.2) is 18.2 Å². The van der Waals surface area contributed by atoms with Crippen molar-refractivity contribution in [3.63, 3.8) is 0 Å². The lowest BCUT2D eigenvalue weighted by Gasteiger charge is -2.20. The second-order valence-corrected chi connectivity index (χ2v) is 4.60. The van der Waals surface area contributed by atoms with Crippen LogP contribution in [-0.4, -0.2) is 35.7 Å². The van der Waals surface area contributed by atoms with Gasteiger partial charge in [0.05, 0.1) is 6.61 Å². The van der Waals surface area contributed by atoms with Crippen LogP contribution >= 0.6 is 0 Å². The van der Waals surface area contributed by atoms with Gasteiger partial charge in [0.15, 0.2) is 0 Å². The molecule has 21 heavy (non-hydrogen) atoms. The van der Waals surface area contributed by atoms with E-state index in [4.69, 9.17) is 5.11 Å². The Kier molecular flexibility index (Phi) is 7.34. The Morgan fingerprint density at radius 2 is 2.00 bits per heavy atom. The molecule has 0 saturated carbocycles. The topological polar surface area (TPSA) is 52.6 Å². The highest BCUT2D eigenvalue weighted by atomic mass is 16.2. The molecule has 4 nitrogen and oxygen atoms in total. The molecular weight excluding hydrogens is 264 g/mol. The molecule has 0 radical (unpaired) electrons. The summed E-state index contributed by atoms with van der Waals surface area (Å²) in [5.41, 5.74) is 2.80. The summed E-state index contributed by atoms with van der Waals surface area (Å²) in [7, 11) is 0. The lowest BCUT2D eigenvalue weighted by atomic mass is 10.1. The first-order valence-electron chi connectivity index (χ1n) is 7.44. The molecule has 1 aromatic rings. The molecular formula is C17H24N2O2. The quantitative estimate of drug-likeness (QED) is 0.819. The van der Waals surface area contributed by atoms with Crippen molar-refractivity contribution in [2.75, 3.05) is 25.0 Å². The van der Waals surface area contributed by atoms with E-state index in [9.17, 15) is 4.79 Å². The molecule has 0 aliphatic heterocycles. The number of benzene rings is 1. The summed E-state index contributed by atoms with van der Waals surface area (Å²) < 4.78 is 0. The highest BCUT2D eigenvalue weighted by molar-refractivity contribution is 5.90. The third kappa shape index (κ3) is 5.13. The maximum absolute atomic E-state index is 12.1. The molecule has 4 heteroatoms. The van der Waals surface area contributed by atoms with Crippen molar-refractivity contribution < 1.29 is 9.90 Å². The number of anilines is 1. The van der Waals surface area contributed by atoms with Crippen molar-refractivity contribution in [2.45, 2.75) is 33.6 Å². The van der Waals surface area contributed by atoms with Gasteiger partial charge >= 0.3 is 6.03 Å². The van der Waals surface area contributed by atoms with Gasteiger partial charge in [-0.3, -0.25) is 0 Å². The van der Waals surface area contributed by atoms with E-state index in [2.05, 4.69) is 17.2 Å². The molecule has 0 saturated heterocycles. The molecule has 0 aromatic heterocycles. The van der Waals surface area contributed by atoms with Crippen LogP contribution in [0, 0.1) is 11.8 Å². The third-order valence-corrected chi connectivity index (χ3v) is 3.25. The summed E-state index contributed by atoms with van der Waals surface area (Å²) >= 11 is 0. The maximum atomic E-state index is 12.1. The van der Waals surface area contributed by atoms with Crippen LogP contribution in [0.25, 0.3) is 0 Å². The van der Waals surface area contributed by atoms with Crippen molar-refractivity contribution in [3.05, 3.63) is 29.3 Å². The van der Waals surface area contributed by atoms with E-state index in [1.54, 1.807) is 4.90 Å². The fourth-order valence-corrected chi connectivity index (χ4v) is 2.01. The number of aliphatic hydroxyl groups excluding tert-OH is 1. The Bertz CT molecular complexity index is 525. The zero-order chi connectivity index (χ0) is 15.7. The van der Waals surface area contributed by atoms with E-state index in [0.29, 0.717) is 19.5 Å². The van der Waals surface area contributed by atoms with Crippen LogP contribution in [0.3, 0.4) is 0 Å². The zero-order valence-corrected chi connectivity index (χ0v) is 13.1. The Morgan fingerprint density at radius 3 is 2.57 bits per heavy atom. The van der Waals surface area contributed by atoms with Gasteiger partial charge in [-0.05, 0) is 44.0 Å². The predicted octanol–water partition coefficient (Wildman–Crippen LogP) is 2.86. The summed E-state index contributed by atoms with van der Waals surface area (Å²) in [6.45, 7) is 7.43. The first-order chi connectivity index (χ1) is 10.2. The van der Waals surface area contributed by atoms with Gasteiger partial charge in [-0.15, -0.1) is 0 Å². The summed E-state index contributed by atoms with van der Waals surface area (Å²) in [5, 5.41) is 11.7. The van der Waals surface area contributed by atoms with E-state index >= 15 is 0 Å². The van der Waals surface area contributed by atoms with E-state index in [-0.39, 0.29) is 12.6 Å². The molecule has 0 fully saturated rings. The minimum Gasteiger partial charge on any atom is -0.395 e. The van der Waals surface area contributed by atoms with Crippen molar-refractivity contribution in [2.24, 2.45) is 0 Å². The minimum absolute atomic E-state index is 0.0750. The van der Waals surface area contributed by atoms with Crippen molar-refractivity contribution in [1.29, 1.82) is 0 Å². The summed E-state index contributed by atoms with van der Waals surface area (Å²) in [6.07, 6.45) is 1.30. The standard InChI is InChI=1S/C17H24N2O2/c1-4-15-13-14(9-7-8-12-20)10-11-16(15)18-17(21)19(5-2)6-3/h10-11,13,20H,4-6,8,12H2,1-3H3,(H,18,21). The van der Waals surface area contributed by atoms with E-state index in [1.807, 2.05) is 39.0 Å². The Balaban J connectivity index is 2.89. The lowest BCUT2D eigenvalue weighted by Crippen LogP contribution is -2.34. The van der Waals surface area contributed by atoms with Gasteiger partial charge in [-0.25, -0.2) is 4.79 Å². The van der Waals surface area contributed by atoms with E-state index in [1.165, 1.54) is 0 Å². The largest absolute Gasteiger partial charge is 0.395 e. The fourth-order valence-electron chi connectivity index (χ4n) is 2.01. The Labute approximate surface area is 127 Å². The Morgan fingerprint density at radius 1 is 1.29 bits per heavy atom. The molecule has 1 aromatic carbocycles. The summed E-state index contributed by atoms with van der Waals surface area (Å²) in [6, 6.07) is 5.70. The molecule has 0 heterocycles. The second-order valence-electron chi connectivity index (χ2n) is 4.60. The van der Waals surface area contributed by atoms with Gasteiger partial charge in [0.2, 0.25) is 0 Å². The van der Waals surface area contributed by atoms with Gasteiger partial charge < -0.3 is 15.3 Å². The number of nitrogens with one attached hydrogen (secondary N) is 1. The van der Waals surface area contributed by atoms with E-state index in [0.717, 1.165) is 23.2 Å². The molecule has 0 bridgehead atoms. The SMILES string of the molecule is CCc1cc(C#CCCO)ccc1NC(=O)N(CC)CC. The maximum Gasteiger partial charge on any atom is 0.321 e. The third-order valence-electron chi connectivity index (χ3n) is 3.25.